The van der Waals surface area contributed by atoms with Gasteiger partial charge in [-0.3, -0.25) is 0 Å². The summed E-state index contributed by atoms with van der Waals surface area (Å²) in [5, 5.41) is 0. The van der Waals surface area contributed by atoms with Crippen LogP contribution in [0.5, 0.6) is 0 Å². The number of rotatable bonds is 10. The Balaban J connectivity index is 1.29. The van der Waals surface area contributed by atoms with E-state index >= 15 is 0 Å². The predicted molar refractivity (Wildman–Crippen MR) is 146 cm³/mol. The number of anilines is 4. The highest BCUT2D eigenvalue weighted by Gasteiger charge is 2.27. The summed E-state index contributed by atoms with van der Waals surface area (Å²) in [6, 6.07) is 24.3. The first-order valence-electron chi connectivity index (χ1n) is 13.1. The van der Waals surface area contributed by atoms with Gasteiger partial charge in [0.15, 0.2) is 0 Å². The third-order valence-electron chi connectivity index (χ3n) is 7.22. The number of hydrogen-bond acceptors (Lipinski definition) is 6. The van der Waals surface area contributed by atoms with Crippen LogP contribution in [0.2, 0.25) is 0 Å². The molecule has 1 aliphatic carbocycles. The number of nitrogens with zero attached hydrogens (tertiary/aromatic N) is 6. The summed E-state index contributed by atoms with van der Waals surface area (Å²) < 4.78 is 0. The van der Waals surface area contributed by atoms with Gasteiger partial charge in [0.2, 0.25) is 0 Å². The van der Waals surface area contributed by atoms with Crippen molar-refractivity contribution in [2.45, 2.75) is 38.5 Å². The van der Waals surface area contributed by atoms with Crippen LogP contribution in [-0.4, -0.2) is 33.0 Å². The van der Waals surface area contributed by atoms with Crippen molar-refractivity contribution in [2.75, 3.05) is 22.9 Å². The molecule has 0 aliphatic heterocycles. The second-order valence-electron chi connectivity index (χ2n) is 9.44. The van der Waals surface area contributed by atoms with Gasteiger partial charge < -0.3 is 9.80 Å². The Hall–Kier alpha value is -3.80. The van der Waals surface area contributed by atoms with Crippen molar-refractivity contribution in [1.82, 2.24) is 19.9 Å². The van der Waals surface area contributed by atoms with Crippen molar-refractivity contribution < 1.29 is 0 Å². The highest BCUT2D eigenvalue weighted by atomic mass is 15.2. The molecule has 1 aliphatic rings. The van der Waals surface area contributed by atoms with Crippen molar-refractivity contribution in [1.29, 1.82) is 0 Å². The molecule has 4 heterocycles. The van der Waals surface area contributed by atoms with Crippen LogP contribution in [-0.2, 0) is 0 Å². The molecule has 6 nitrogen and oxygen atoms in total. The molecule has 1 fully saturated rings. The van der Waals surface area contributed by atoms with Gasteiger partial charge >= 0.3 is 0 Å². The lowest BCUT2D eigenvalue weighted by Gasteiger charge is -2.35. The maximum atomic E-state index is 4.63. The Kier molecular flexibility index (Phi) is 8.14. The minimum atomic E-state index is 0.683. The Morgan fingerprint density at radius 2 is 0.833 bits per heavy atom. The van der Waals surface area contributed by atoms with Crippen molar-refractivity contribution >= 4 is 23.3 Å². The largest absolute Gasteiger partial charge is 0.311 e. The first kappa shape index (κ1) is 23.9. The van der Waals surface area contributed by atoms with Gasteiger partial charge in [0, 0.05) is 37.9 Å². The molecule has 5 rings (SSSR count). The number of hydrogen-bond donors (Lipinski definition) is 0. The summed E-state index contributed by atoms with van der Waals surface area (Å²) in [5.74, 6) is 5.20. The third-order valence-corrected chi connectivity index (χ3v) is 7.22. The topological polar surface area (TPSA) is 58.0 Å². The first-order valence-corrected chi connectivity index (χ1v) is 13.1. The first-order chi connectivity index (χ1) is 17.9. The van der Waals surface area contributed by atoms with E-state index in [2.05, 4.69) is 54.0 Å². The molecular weight excluding hydrogens is 444 g/mol. The fourth-order valence-electron chi connectivity index (χ4n) is 5.38. The van der Waals surface area contributed by atoms with Gasteiger partial charge in [-0.05, 0) is 73.2 Å². The average Bonchev–Trinajstić information content (AvgIpc) is 2.96. The van der Waals surface area contributed by atoms with Crippen molar-refractivity contribution in [2.24, 2.45) is 11.8 Å². The molecule has 184 valence electrons. The second kappa shape index (κ2) is 12.2. The summed E-state index contributed by atoms with van der Waals surface area (Å²) in [5.41, 5.74) is 0. The fourth-order valence-corrected chi connectivity index (χ4v) is 5.38. The smallest absolute Gasteiger partial charge is 0.134 e. The van der Waals surface area contributed by atoms with Crippen molar-refractivity contribution in [3.05, 3.63) is 97.6 Å². The normalized spacial score (nSPS) is 17.4. The molecule has 2 unspecified atom stereocenters. The molecule has 36 heavy (non-hydrogen) atoms. The quantitative estimate of drug-likeness (QED) is 0.249. The zero-order valence-electron chi connectivity index (χ0n) is 20.7. The lowest BCUT2D eigenvalue weighted by atomic mass is 9.75. The van der Waals surface area contributed by atoms with E-state index in [0.717, 1.165) is 49.2 Å². The molecule has 0 radical (unpaired) electrons. The molecule has 0 saturated heterocycles. The summed E-state index contributed by atoms with van der Waals surface area (Å²) in [6.45, 7) is 1.83. The van der Waals surface area contributed by atoms with Crippen LogP contribution in [0, 0.1) is 11.8 Å². The lowest BCUT2D eigenvalue weighted by Crippen LogP contribution is -2.30. The van der Waals surface area contributed by atoms with E-state index in [1.807, 2.05) is 73.3 Å². The van der Waals surface area contributed by atoms with Gasteiger partial charge in [-0.2, -0.15) is 0 Å². The highest BCUT2D eigenvalue weighted by molar-refractivity contribution is 5.56. The van der Waals surface area contributed by atoms with E-state index in [-0.39, 0.29) is 0 Å². The molecule has 4 aromatic rings. The Bertz CT molecular complexity index is 983. The third kappa shape index (κ3) is 6.06. The van der Waals surface area contributed by atoms with Crippen LogP contribution in [0.1, 0.15) is 38.5 Å². The van der Waals surface area contributed by atoms with Crippen LogP contribution in [0.4, 0.5) is 23.3 Å². The maximum absolute atomic E-state index is 4.63. The summed E-state index contributed by atoms with van der Waals surface area (Å²) >= 11 is 0. The van der Waals surface area contributed by atoms with Gasteiger partial charge in [0.05, 0.1) is 0 Å². The van der Waals surface area contributed by atoms with Gasteiger partial charge in [-0.25, -0.2) is 19.9 Å². The SMILES string of the molecule is c1ccc(N(CCC2CCCCC2CCN(c2ccccn2)c2ccccn2)c2ccccn2)nc1. The lowest BCUT2D eigenvalue weighted by molar-refractivity contribution is 0.216. The van der Waals surface area contributed by atoms with Crippen LogP contribution in [0.15, 0.2) is 97.6 Å². The Labute approximate surface area is 214 Å². The van der Waals surface area contributed by atoms with Crippen LogP contribution in [0.25, 0.3) is 0 Å². The van der Waals surface area contributed by atoms with E-state index in [4.69, 9.17) is 0 Å². The van der Waals surface area contributed by atoms with Gasteiger partial charge in [-0.1, -0.05) is 49.9 Å². The molecule has 0 spiro atoms. The fraction of sp³-hybridized carbons (Fsp3) is 0.333. The van der Waals surface area contributed by atoms with Gasteiger partial charge in [0.25, 0.3) is 0 Å². The molecule has 0 N–H and O–H groups in total. The standard InChI is InChI=1S/C30H34N6/c1-2-12-26(18-24-36(29-15-5-9-21-33-29)30-16-6-10-22-34-30)25(11-1)17-23-35(27-13-3-7-19-31-27)28-14-4-8-20-32-28/h3-10,13-16,19-22,25-26H,1-2,11-12,17-18,23-24H2. The van der Waals surface area contributed by atoms with Crippen molar-refractivity contribution in [3.63, 3.8) is 0 Å². The van der Waals surface area contributed by atoms with Crippen molar-refractivity contribution in [3.8, 4) is 0 Å². The molecule has 6 heteroatoms. The molecule has 1 saturated carbocycles. The molecular formula is C30H34N6. The van der Waals surface area contributed by atoms with E-state index < -0.39 is 0 Å². The van der Waals surface area contributed by atoms with E-state index in [0.29, 0.717) is 11.8 Å². The zero-order valence-corrected chi connectivity index (χ0v) is 20.7. The number of pyridine rings is 4. The summed E-state index contributed by atoms with van der Waals surface area (Å²) in [4.78, 5) is 23.0. The second-order valence-corrected chi connectivity index (χ2v) is 9.44. The molecule has 0 aromatic carbocycles. The minimum absolute atomic E-state index is 0.683. The van der Waals surface area contributed by atoms with Crippen LogP contribution < -0.4 is 9.80 Å². The Morgan fingerprint density at radius 3 is 1.11 bits per heavy atom. The van der Waals surface area contributed by atoms with E-state index in [1.54, 1.807) is 0 Å². The summed E-state index contributed by atoms with van der Waals surface area (Å²) in [7, 11) is 0. The minimum Gasteiger partial charge on any atom is -0.311 e. The molecule has 0 amide bonds. The van der Waals surface area contributed by atoms with Gasteiger partial charge in [0.1, 0.15) is 23.3 Å². The maximum Gasteiger partial charge on any atom is 0.134 e. The predicted octanol–water partition coefficient (Wildman–Crippen LogP) is 6.83. The van der Waals surface area contributed by atoms with E-state index in [9.17, 15) is 0 Å². The van der Waals surface area contributed by atoms with Crippen LogP contribution in [0.3, 0.4) is 0 Å². The van der Waals surface area contributed by atoms with E-state index in [1.165, 1.54) is 25.7 Å². The Morgan fingerprint density at radius 1 is 0.500 bits per heavy atom. The van der Waals surface area contributed by atoms with Gasteiger partial charge in [-0.15, -0.1) is 0 Å². The monoisotopic (exact) mass is 478 g/mol. The number of aromatic nitrogens is 4. The zero-order chi connectivity index (χ0) is 24.4. The highest BCUT2D eigenvalue weighted by Crippen LogP contribution is 2.36. The van der Waals surface area contributed by atoms with Crippen LogP contribution >= 0.6 is 0 Å². The average molecular weight is 479 g/mol. The summed E-state index contributed by atoms with van der Waals surface area (Å²) in [6.07, 6.45) is 14.9. The molecule has 4 aromatic heterocycles. The molecule has 2 atom stereocenters. The molecule has 0 bridgehead atoms.